The van der Waals surface area contributed by atoms with Crippen LogP contribution in [-0.4, -0.2) is 20.4 Å². The number of fused-ring (bicyclic) bond motifs is 1. The molecule has 0 aliphatic heterocycles. The van der Waals surface area contributed by atoms with Gasteiger partial charge in [0.2, 0.25) is 0 Å². The highest BCUT2D eigenvalue weighted by atomic mass is 32.2. The van der Waals surface area contributed by atoms with Crippen molar-refractivity contribution < 1.29 is 0 Å². The minimum Gasteiger partial charge on any atom is -0.328 e. The molecule has 0 radical (unpaired) electrons. The molecule has 0 fully saturated rings. The Kier molecular flexibility index (Phi) is 3.95. The normalized spacial score (nSPS) is 12.7. The van der Waals surface area contributed by atoms with Crippen molar-refractivity contribution in [1.82, 2.24) is 14.3 Å². The fourth-order valence-corrected chi connectivity index (χ4v) is 3.49. The third-order valence-corrected chi connectivity index (χ3v) is 4.59. The van der Waals surface area contributed by atoms with Crippen molar-refractivity contribution >= 4 is 34.2 Å². The first kappa shape index (κ1) is 13.5. The molecule has 2 heterocycles. The van der Waals surface area contributed by atoms with Crippen molar-refractivity contribution in [3.05, 3.63) is 42.2 Å². The van der Waals surface area contributed by atoms with E-state index in [-0.39, 0.29) is 6.04 Å². The highest BCUT2D eigenvalue weighted by molar-refractivity contribution is 8.00. The topological polar surface area (TPSA) is 64.7 Å². The highest BCUT2D eigenvalue weighted by Gasteiger charge is 2.12. The number of nitrogens with two attached hydrogens (primary N) is 1. The Balaban J connectivity index is 2.06. The Labute approximate surface area is 125 Å². The molecule has 3 aromatic rings. The molecule has 6 heteroatoms. The summed E-state index contributed by atoms with van der Waals surface area (Å²) in [5, 5.41) is 2.11. The van der Waals surface area contributed by atoms with Gasteiger partial charge in [0.25, 0.3) is 0 Å². The van der Waals surface area contributed by atoms with Crippen LogP contribution in [0, 0.1) is 0 Å². The molecule has 1 aromatic carbocycles. The summed E-state index contributed by atoms with van der Waals surface area (Å²) < 4.78 is 4.93. The maximum Gasteiger partial charge on any atom is 0.176 e. The Bertz CT molecular complexity index is 710. The molecule has 3 rings (SSSR count). The van der Waals surface area contributed by atoms with Gasteiger partial charge in [-0.15, -0.1) is 0 Å². The van der Waals surface area contributed by atoms with Crippen LogP contribution in [0.3, 0.4) is 0 Å². The molecule has 0 aliphatic rings. The van der Waals surface area contributed by atoms with E-state index < -0.39 is 0 Å². The quantitative estimate of drug-likeness (QED) is 0.802. The molecule has 20 heavy (non-hydrogen) atoms. The van der Waals surface area contributed by atoms with Gasteiger partial charge in [-0.05, 0) is 54.3 Å². The van der Waals surface area contributed by atoms with Crippen LogP contribution < -0.4 is 5.73 Å². The Morgan fingerprint density at radius 3 is 2.95 bits per heavy atom. The zero-order chi connectivity index (χ0) is 13.9. The lowest BCUT2D eigenvalue weighted by molar-refractivity contribution is 0.724. The number of pyridine rings is 1. The standard InChI is InChI=1S/C14H14N4S2/c1-9(15)6-11-7-10-4-2-3-5-12(10)18-13(11)19-14-16-8-17-20-14/h2-5,7-9H,6,15H2,1H3. The summed E-state index contributed by atoms with van der Waals surface area (Å²) in [6.07, 6.45) is 2.37. The molecule has 4 nitrogen and oxygen atoms in total. The van der Waals surface area contributed by atoms with Gasteiger partial charge in [0, 0.05) is 11.4 Å². The number of nitrogens with zero attached hydrogens (tertiary/aromatic N) is 3. The summed E-state index contributed by atoms with van der Waals surface area (Å²) in [7, 11) is 0. The zero-order valence-corrected chi connectivity index (χ0v) is 12.6. The van der Waals surface area contributed by atoms with Gasteiger partial charge in [0.1, 0.15) is 11.4 Å². The number of hydrogen-bond donors (Lipinski definition) is 1. The molecule has 0 bridgehead atoms. The molecule has 0 saturated heterocycles. The maximum atomic E-state index is 5.95. The van der Waals surface area contributed by atoms with Crippen molar-refractivity contribution in [2.75, 3.05) is 0 Å². The largest absolute Gasteiger partial charge is 0.328 e. The lowest BCUT2D eigenvalue weighted by atomic mass is 10.1. The Morgan fingerprint density at radius 2 is 2.20 bits per heavy atom. The van der Waals surface area contributed by atoms with Crippen LogP contribution in [0.25, 0.3) is 10.9 Å². The van der Waals surface area contributed by atoms with E-state index in [9.17, 15) is 0 Å². The fraction of sp³-hybridized carbons (Fsp3) is 0.214. The third kappa shape index (κ3) is 2.98. The van der Waals surface area contributed by atoms with E-state index in [4.69, 9.17) is 10.7 Å². The summed E-state index contributed by atoms with van der Waals surface area (Å²) in [4.78, 5) is 8.96. The Morgan fingerprint density at radius 1 is 1.35 bits per heavy atom. The summed E-state index contributed by atoms with van der Waals surface area (Å²) in [6, 6.07) is 10.4. The smallest absolute Gasteiger partial charge is 0.176 e. The molecular formula is C14H14N4S2. The summed E-state index contributed by atoms with van der Waals surface area (Å²) >= 11 is 2.94. The van der Waals surface area contributed by atoms with E-state index in [1.54, 1.807) is 18.1 Å². The van der Waals surface area contributed by atoms with Gasteiger partial charge in [-0.1, -0.05) is 18.2 Å². The second kappa shape index (κ2) is 5.87. The summed E-state index contributed by atoms with van der Waals surface area (Å²) in [5.41, 5.74) is 8.11. The molecule has 0 amide bonds. The van der Waals surface area contributed by atoms with E-state index in [0.29, 0.717) is 0 Å². The van der Waals surface area contributed by atoms with Crippen molar-refractivity contribution in [2.24, 2.45) is 5.73 Å². The van der Waals surface area contributed by atoms with Gasteiger partial charge in [-0.25, -0.2) is 9.97 Å². The SMILES string of the molecule is CC(N)Cc1cc2ccccc2nc1Sc1ncns1. The van der Waals surface area contributed by atoms with E-state index in [1.165, 1.54) is 17.1 Å². The average molecular weight is 302 g/mol. The van der Waals surface area contributed by atoms with Crippen LogP contribution >= 0.6 is 23.3 Å². The molecule has 2 N–H and O–H groups in total. The monoisotopic (exact) mass is 302 g/mol. The van der Waals surface area contributed by atoms with Crippen LogP contribution in [0.1, 0.15) is 12.5 Å². The van der Waals surface area contributed by atoms with Crippen molar-refractivity contribution in [3.8, 4) is 0 Å². The van der Waals surface area contributed by atoms with Crippen molar-refractivity contribution in [1.29, 1.82) is 0 Å². The first-order chi connectivity index (χ1) is 9.72. The van der Waals surface area contributed by atoms with Crippen LogP contribution in [-0.2, 0) is 6.42 Å². The number of aromatic nitrogens is 3. The fourth-order valence-electron chi connectivity index (χ4n) is 2.01. The van der Waals surface area contributed by atoms with Crippen molar-refractivity contribution in [3.63, 3.8) is 0 Å². The molecule has 1 atom stereocenters. The van der Waals surface area contributed by atoms with Gasteiger partial charge >= 0.3 is 0 Å². The van der Waals surface area contributed by atoms with Gasteiger partial charge in [0.05, 0.1) is 5.52 Å². The highest BCUT2D eigenvalue weighted by Crippen LogP contribution is 2.31. The molecule has 2 aromatic heterocycles. The average Bonchev–Trinajstić information content (AvgIpc) is 2.92. The first-order valence-corrected chi connectivity index (χ1v) is 7.90. The van der Waals surface area contributed by atoms with Crippen LogP contribution in [0.15, 0.2) is 46.0 Å². The van der Waals surface area contributed by atoms with Crippen LogP contribution in [0.5, 0.6) is 0 Å². The molecule has 0 spiro atoms. The summed E-state index contributed by atoms with van der Waals surface area (Å²) in [6.45, 7) is 2.01. The number of benzene rings is 1. The minimum absolute atomic E-state index is 0.103. The predicted octanol–water partition coefficient (Wildman–Crippen LogP) is 3.13. The second-order valence-corrected chi connectivity index (χ2v) is 6.65. The lowest BCUT2D eigenvalue weighted by Crippen LogP contribution is -2.18. The minimum atomic E-state index is 0.103. The van der Waals surface area contributed by atoms with Crippen LogP contribution in [0.2, 0.25) is 0 Å². The first-order valence-electron chi connectivity index (χ1n) is 6.31. The molecule has 0 aliphatic carbocycles. The third-order valence-electron chi connectivity index (χ3n) is 2.83. The number of para-hydroxylation sites is 1. The van der Waals surface area contributed by atoms with Crippen LogP contribution in [0.4, 0.5) is 0 Å². The van der Waals surface area contributed by atoms with Crippen molar-refractivity contribution in [2.45, 2.75) is 28.8 Å². The number of rotatable bonds is 4. The zero-order valence-electron chi connectivity index (χ0n) is 11.0. The second-order valence-electron chi connectivity index (χ2n) is 4.64. The molecule has 1 unspecified atom stereocenters. The van der Waals surface area contributed by atoms with E-state index in [1.807, 2.05) is 25.1 Å². The lowest BCUT2D eigenvalue weighted by Gasteiger charge is -2.11. The predicted molar refractivity (Wildman–Crippen MR) is 83.1 cm³/mol. The van der Waals surface area contributed by atoms with E-state index in [2.05, 4.69) is 21.5 Å². The van der Waals surface area contributed by atoms with Gasteiger partial charge < -0.3 is 5.73 Å². The molecule has 0 saturated carbocycles. The number of hydrogen-bond acceptors (Lipinski definition) is 6. The Hall–Kier alpha value is -1.50. The van der Waals surface area contributed by atoms with E-state index in [0.717, 1.165) is 26.7 Å². The van der Waals surface area contributed by atoms with Gasteiger partial charge in [-0.2, -0.15) is 4.37 Å². The molecule has 102 valence electrons. The maximum absolute atomic E-state index is 5.95. The van der Waals surface area contributed by atoms with Gasteiger partial charge in [0.15, 0.2) is 4.34 Å². The van der Waals surface area contributed by atoms with E-state index >= 15 is 0 Å². The molecular weight excluding hydrogens is 288 g/mol. The summed E-state index contributed by atoms with van der Waals surface area (Å²) in [5.74, 6) is 0. The van der Waals surface area contributed by atoms with Gasteiger partial charge in [-0.3, -0.25) is 0 Å².